The van der Waals surface area contributed by atoms with Crippen LogP contribution in [0, 0.1) is 0 Å². The van der Waals surface area contributed by atoms with Crippen LogP contribution in [0.4, 0.5) is 0 Å². The molecule has 0 heterocycles. The summed E-state index contributed by atoms with van der Waals surface area (Å²) in [5.41, 5.74) is 0.388. The SMILES string of the molecule is O=C(O)c1c2ccccc2cc2ccccc12.[Na]. The summed E-state index contributed by atoms with van der Waals surface area (Å²) in [5.74, 6) is -0.877. The maximum absolute atomic E-state index is 11.4. The van der Waals surface area contributed by atoms with Crippen molar-refractivity contribution in [2.75, 3.05) is 0 Å². The van der Waals surface area contributed by atoms with Crippen LogP contribution >= 0.6 is 0 Å². The first-order valence-electron chi connectivity index (χ1n) is 5.41. The van der Waals surface area contributed by atoms with Gasteiger partial charge in [-0.2, -0.15) is 0 Å². The van der Waals surface area contributed by atoms with Gasteiger partial charge >= 0.3 is 5.97 Å². The van der Waals surface area contributed by atoms with Gasteiger partial charge in [0.25, 0.3) is 0 Å². The fourth-order valence-electron chi connectivity index (χ4n) is 2.24. The van der Waals surface area contributed by atoms with Gasteiger partial charge in [0.05, 0.1) is 5.56 Å². The van der Waals surface area contributed by atoms with Crippen molar-refractivity contribution < 1.29 is 9.90 Å². The number of hydrogen-bond donors (Lipinski definition) is 1. The quantitative estimate of drug-likeness (QED) is 0.527. The standard InChI is InChI=1S/C15H10O2.Na/c16-15(17)14-12-7-3-1-5-10(12)9-11-6-2-4-8-13(11)14;/h1-9H,(H,16,17);. The third kappa shape index (κ3) is 2.03. The van der Waals surface area contributed by atoms with Gasteiger partial charge in [0.1, 0.15) is 0 Å². The summed E-state index contributed by atoms with van der Waals surface area (Å²) in [6.07, 6.45) is 0. The molecular weight excluding hydrogens is 235 g/mol. The first-order chi connectivity index (χ1) is 8.27. The first kappa shape index (κ1) is 13.1. The maximum Gasteiger partial charge on any atom is 0.336 e. The summed E-state index contributed by atoms with van der Waals surface area (Å²) in [7, 11) is 0. The molecule has 3 rings (SSSR count). The normalized spacial score (nSPS) is 10.2. The van der Waals surface area contributed by atoms with Crippen LogP contribution < -0.4 is 0 Å². The Bertz CT molecular complexity index is 681. The van der Waals surface area contributed by atoms with Crippen molar-refractivity contribution in [1.82, 2.24) is 0 Å². The van der Waals surface area contributed by atoms with Gasteiger partial charge in [0, 0.05) is 29.6 Å². The summed E-state index contributed by atoms with van der Waals surface area (Å²) in [6, 6.07) is 17.2. The topological polar surface area (TPSA) is 37.3 Å². The van der Waals surface area contributed by atoms with E-state index in [1.807, 2.05) is 54.6 Å². The van der Waals surface area contributed by atoms with Crippen molar-refractivity contribution in [3.05, 3.63) is 60.2 Å². The van der Waals surface area contributed by atoms with Crippen LogP contribution in [0.2, 0.25) is 0 Å². The van der Waals surface area contributed by atoms with E-state index in [0.717, 1.165) is 21.5 Å². The molecule has 0 aliphatic carbocycles. The summed E-state index contributed by atoms with van der Waals surface area (Å²) in [6.45, 7) is 0. The second-order valence-electron chi connectivity index (χ2n) is 4.00. The minimum Gasteiger partial charge on any atom is -0.478 e. The summed E-state index contributed by atoms with van der Waals surface area (Å²) >= 11 is 0. The fraction of sp³-hybridized carbons (Fsp3) is 0. The van der Waals surface area contributed by atoms with Crippen LogP contribution in [0.5, 0.6) is 0 Å². The fourth-order valence-corrected chi connectivity index (χ4v) is 2.24. The summed E-state index contributed by atoms with van der Waals surface area (Å²) in [4.78, 5) is 11.4. The Hall–Kier alpha value is -1.35. The molecular formula is C15H10NaO2. The van der Waals surface area contributed by atoms with E-state index in [0.29, 0.717) is 5.56 Å². The Labute approximate surface area is 127 Å². The Morgan fingerprint density at radius 1 is 0.833 bits per heavy atom. The van der Waals surface area contributed by atoms with Crippen LogP contribution in [0.3, 0.4) is 0 Å². The number of rotatable bonds is 1. The molecule has 0 atom stereocenters. The molecule has 0 unspecified atom stereocenters. The first-order valence-corrected chi connectivity index (χ1v) is 5.41. The van der Waals surface area contributed by atoms with Crippen molar-refractivity contribution in [1.29, 1.82) is 0 Å². The third-order valence-electron chi connectivity index (χ3n) is 2.99. The molecule has 2 nitrogen and oxygen atoms in total. The average Bonchev–Trinajstić information content (AvgIpc) is 2.35. The molecule has 0 spiro atoms. The predicted octanol–water partition coefficient (Wildman–Crippen LogP) is 3.31. The van der Waals surface area contributed by atoms with Crippen LogP contribution in [0.15, 0.2) is 54.6 Å². The zero-order valence-corrected chi connectivity index (χ0v) is 12.1. The van der Waals surface area contributed by atoms with E-state index in [1.165, 1.54) is 0 Å². The molecule has 0 aromatic heterocycles. The van der Waals surface area contributed by atoms with Crippen LogP contribution in [0.25, 0.3) is 21.5 Å². The van der Waals surface area contributed by atoms with Crippen molar-refractivity contribution in [2.45, 2.75) is 0 Å². The van der Waals surface area contributed by atoms with Gasteiger partial charge in [-0.1, -0.05) is 48.5 Å². The van der Waals surface area contributed by atoms with E-state index >= 15 is 0 Å². The van der Waals surface area contributed by atoms with Crippen molar-refractivity contribution in [2.24, 2.45) is 0 Å². The van der Waals surface area contributed by atoms with Crippen molar-refractivity contribution in [3.8, 4) is 0 Å². The summed E-state index contributed by atoms with van der Waals surface area (Å²) in [5, 5.41) is 12.9. The van der Waals surface area contributed by atoms with Gasteiger partial charge in [0.2, 0.25) is 0 Å². The monoisotopic (exact) mass is 245 g/mol. The smallest absolute Gasteiger partial charge is 0.336 e. The van der Waals surface area contributed by atoms with Gasteiger partial charge in [-0.3, -0.25) is 0 Å². The minimum atomic E-state index is -0.877. The zero-order valence-electron chi connectivity index (χ0n) is 10.1. The molecule has 0 fully saturated rings. The molecule has 83 valence electrons. The second kappa shape index (κ2) is 5.11. The average molecular weight is 245 g/mol. The molecule has 0 bridgehead atoms. The van der Waals surface area contributed by atoms with E-state index in [4.69, 9.17) is 0 Å². The Kier molecular flexibility index (Phi) is 3.71. The van der Waals surface area contributed by atoms with E-state index in [-0.39, 0.29) is 29.6 Å². The van der Waals surface area contributed by atoms with Gasteiger partial charge in [0.15, 0.2) is 0 Å². The molecule has 0 amide bonds. The minimum absolute atomic E-state index is 0. The Morgan fingerprint density at radius 3 is 1.72 bits per heavy atom. The number of carboxylic acids is 1. The molecule has 3 heteroatoms. The molecule has 0 saturated heterocycles. The number of carboxylic acid groups (broad SMARTS) is 1. The van der Waals surface area contributed by atoms with Gasteiger partial charge < -0.3 is 5.11 Å². The van der Waals surface area contributed by atoms with E-state index in [1.54, 1.807) is 0 Å². The zero-order chi connectivity index (χ0) is 11.8. The Balaban J connectivity index is 0.00000120. The van der Waals surface area contributed by atoms with Crippen molar-refractivity contribution >= 4 is 57.1 Å². The van der Waals surface area contributed by atoms with Crippen LogP contribution in [-0.2, 0) is 0 Å². The number of fused-ring (bicyclic) bond motifs is 2. The molecule has 0 aliphatic heterocycles. The molecule has 3 aromatic carbocycles. The molecule has 1 N–H and O–H groups in total. The van der Waals surface area contributed by atoms with E-state index in [9.17, 15) is 9.90 Å². The molecule has 0 saturated carbocycles. The molecule has 18 heavy (non-hydrogen) atoms. The predicted molar refractivity (Wildman–Crippen MR) is 74.2 cm³/mol. The number of hydrogen-bond acceptors (Lipinski definition) is 1. The summed E-state index contributed by atoms with van der Waals surface area (Å²) < 4.78 is 0. The number of benzene rings is 3. The van der Waals surface area contributed by atoms with Crippen LogP contribution in [-0.4, -0.2) is 40.6 Å². The maximum atomic E-state index is 11.4. The van der Waals surface area contributed by atoms with E-state index in [2.05, 4.69) is 0 Å². The van der Waals surface area contributed by atoms with Crippen LogP contribution in [0.1, 0.15) is 10.4 Å². The molecule has 3 aromatic rings. The molecule has 0 aliphatic rings. The van der Waals surface area contributed by atoms with Crippen molar-refractivity contribution in [3.63, 3.8) is 0 Å². The Morgan fingerprint density at radius 2 is 1.28 bits per heavy atom. The van der Waals surface area contributed by atoms with Gasteiger partial charge in [-0.05, 0) is 27.6 Å². The van der Waals surface area contributed by atoms with E-state index < -0.39 is 5.97 Å². The molecule has 1 radical (unpaired) electrons. The van der Waals surface area contributed by atoms with Gasteiger partial charge in [-0.25, -0.2) is 4.79 Å². The second-order valence-corrected chi connectivity index (χ2v) is 4.00. The number of aromatic carboxylic acids is 1. The third-order valence-corrected chi connectivity index (χ3v) is 2.99. The number of carbonyl (C=O) groups is 1. The largest absolute Gasteiger partial charge is 0.478 e. The van der Waals surface area contributed by atoms with Gasteiger partial charge in [-0.15, -0.1) is 0 Å².